The highest BCUT2D eigenvalue weighted by molar-refractivity contribution is 6.91. The van der Waals surface area contributed by atoms with Crippen LogP contribution in [0.2, 0.25) is 18.6 Å². The van der Waals surface area contributed by atoms with Gasteiger partial charge in [0.1, 0.15) is 12.2 Å². The smallest absolute Gasteiger partial charge is 0.114 e. The van der Waals surface area contributed by atoms with E-state index < -0.39 is 20.3 Å². The highest BCUT2D eigenvalue weighted by Gasteiger charge is 2.45. The predicted octanol–water partition coefficient (Wildman–Crippen LogP) is 5.07. The number of hydrogen-bond donors (Lipinski definition) is 1. The number of aliphatic hydroxyl groups is 1. The molecule has 0 aliphatic heterocycles. The third kappa shape index (κ3) is 5.27. The third-order valence-corrected chi connectivity index (χ3v) is 10.5. The predicted molar refractivity (Wildman–Crippen MR) is 132 cm³/mol. The van der Waals surface area contributed by atoms with Crippen LogP contribution in [-0.2, 0) is 22.7 Å². The van der Waals surface area contributed by atoms with E-state index in [9.17, 15) is 5.11 Å². The van der Waals surface area contributed by atoms with Crippen molar-refractivity contribution in [3.8, 4) is 0 Å². The topological polar surface area (TPSA) is 38.7 Å². The molecule has 166 valence electrons. The second-order valence-electron chi connectivity index (χ2n) is 9.01. The lowest BCUT2D eigenvalue weighted by Gasteiger charge is -2.42. The molecular weight excluding hydrogens is 412 g/mol. The summed E-state index contributed by atoms with van der Waals surface area (Å²) in [4.78, 5) is 0. The molecule has 0 saturated carbocycles. The van der Waals surface area contributed by atoms with Gasteiger partial charge in [-0.25, -0.2) is 0 Å². The van der Waals surface area contributed by atoms with Crippen LogP contribution >= 0.6 is 0 Å². The van der Waals surface area contributed by atoms with Gasteiger partial charge in [-0.15, -0.1) is 0 Å². The molecule has 0 unspecified atom stereocenters. The fourth-order valence-corrected chi connectivity index (χ4v) is 7.53. The second-order valence-corrected chi connectivity index (χ2v) is 13.7. The highest BCUT2D eigenvalue weighted by atomic mass is 28.3. The van der Waals surface area contributed by atoms with Crippen molar-refractivity contribution in [1.82, 2.24) is 0 Å². The molecule has 0 aromatic heterocycles. The first-order chi connectivity index (χ1) is 15.6. The molecule has 0 bridgehead atoms. The minimum Gasteiger partial charge on any atom is -0.390 e. The van der Waals surface area contributed by atoms with Gasteiger partial charge in [-0.2, -0.15) is 0 Å². The summed E-state index contributed by atoms with van der Waals surface area (Å²) >= 11 is 0. The molecule has 4 rings (SSSR count). The number of rotatable bonds is 8. The maximum Gasteiger partial charge on any atom is 0.114 e. The van der Waals surface area contributed by atoms with Gasteiger partial charge >= 0.3 is 0 Å². The summed E-state index contributed by atoms with van der Waals surface area (Å²) in [6.07, 6.45) is 2.91. The van der Waals surface area contributed by atoms with Gasteiger partial charge in [-0.05, 0) is 11.1 Å². The Morgan fingerprint density at radius 1 is 0.688 bits per heavy atom. The fourth-order valence-electron chi connectivity index (χ4n) is 4.46. The van der Waals surface area contributed by atoms with Gasteiger partial charge in [0.25, 0.3) is 0 Å². The van der Waals surface area contributed by atoms with Crippen LogP contribution in [0.3, 0.4) is 0 Å². The van der Waals surface area contributed by atoms with E-state index in [0.717, 1.165) is 11.1 Å². The van der Waals surface area contributed by atoms with Crippen molar-refractivity contribution < 1.29 is 14.6 Å². The third-order valence-electron chi connectivity index (χ3n) is 6.46. The molecule has 0 saturated heterocycles. The van der Waals surface area contributed by atoms with Crippen LogP contribution in [0.15, 0.2) is 103 Å². The molecule has 0 heterocycles. The van der Waals surface area contributed by atoms with Crippen LogP contribution in [0.1, 0.15) is 11.1 Å². The van der Waals surface area contributed by atoms with Crippen molar-refractivity contribution in [1.29, 1.82) is 0 Å². The van der Waals surface area contributed by atoms with Crippen molar-refractivity contribution in [2.75, 3.05) is 0 Å². The average Bonchev–Trinajstić information content (AvgIpc) is 2.84. The summed E-state index contributed by atoms with van der Waals surface area (Å²) in [6.45, 7) is 5.57. The fraction of sp³-hybridized carbons (Fsp3) is 0.286. The van der Waals surface area contributed by atoms with Crippen molar-refractivity contribution in [2.45, 2.75) is 50.2 Å². The zero-order valence-electron chi connectivity index (χ0n) is 18.8. The Morgan fingerprint density at radius 2 is 1.19 bits per heavy atom. The van der Waals surface area contributed by atoms with Crippen LogP contribution < -0.4 is 5.19 Å². The lowest BCUT2D eigenvalue weighted by atomic mass is 9.97. The molecule has 4 heteroatoms. The summed E-state index contributed by atoms with van der Waals surface area (Å²) < 4.78 is 12.6. The van der Waals surface area contributed by atoms with Crippen LogP contribution in [0.5, 0.6) is 0 Å². The molecule has 3 aromatic carbocycles. The Hall–Kier alpha value is -2.50. The Balaban J connectivity index is 1.56. The Morgan fingerprint density at radius 3 is 1.75 bits per heavy atom. The maximum atomic E-state index is 11.5. The second kappa shape index (κ2) is 10.4. The number of benzene rings is 3. The van der Waals surface area contributed by atoms with Gasteiger partial charge in [0.15, 0.2) is 0 Å². The molecule has 3 nitrogen and oxygen atoms in total. The SMILES string of the molecule is C[Si](C)(c1ccccc1)[C@H]1C=C[C@@H](OCc2ccccc2)[C@H](OCc2ccccc2)[C@H]1O. The zero-order chi connectivity index (χ0) is 22.4. The van der Waals surface area contributed by atoms with Crippen molar-refractivity contribution in [2.24, 2.45) is 0 Å². The monoisotopic (exact) mass is 444 g/mol. The number of ether oxygens (including phenoxy) is 2. The van der Waals surface area contributed by atoms with Crippen molar-refractivity contribution in [3.63, 3.8) is 0 Å². The molecule has 3 aromatic rings. The lowest BCUT2D eigenvalue weighted by molar-refractivity contribution is -0.119. The van der Waals surface area contributed by atoms with Gasteiger partial charge in [0.2, 0.25) is 0 Å². The standard InChI is InChI=1S/C28H32O3Si/c1-32(2,24-16-10-5-11-17-24)26-19-18-25(30-20-22-12-6-3-7-13-22)28(27(26)29)31-21-23-14-8-4-9-15-23/h3-19,25-29H,20-21H2,1-2H3/t25-,26+,27+,28+/m1/s1. The largest absolute Gasteiger partial charge is 0.390 e. The van der Waals surface area contributed by atoms with Crippen LogP contribution in [0.4, 0.5) is 0 Å². The molecule has 0 fully saturated rings. The molecular formula is C28H32O3Si. The molecule has 0 amide bonds. The van der Waals surface area contributed by atoms with Crippen LogP contribution in [-0.4, -0.2) is 31.5 Å². The quantitative estimate of drug-likeness (QED) is 0.389. The molecule has 0 radical (unpaired) electrons. The van der Waals surface area contributed by atoms with Crippen molar-refractivity contribution in [3.05, 3.63) is 114 Å². The minimum atomic E-state index is -1.98. The van der Waals surface area contributed by atoms with Crippen LogP contribution in [0.25, 0.3) is 0 Å². The summed E-state index contributed by atoms with van der Waals surface area (Å²) in [5.41, 5.74) is 2.24. The maximum absolute atomic E-state index is 11.5. The highest BCUT2D eigenvalue weighted by Crippen LogP contribution is 2.36. The summed E-state index contributed by atoms with van der Waals surface area (Å²) in [5, 5.41) is 12.9. The Bertz CT molecular complexity index is 989. The normalized spacial score (nSPS) is 23.2. The van der Waals surface area contributed by atoms with E-state index in [0.29, 0.717) is 13.2 Å². The van der Waals surface area contributed by atoms with E-state index >= 15 is 0 Å². The van der Waals surface area contributed by atoms with E-state index in [2.05, 4.69) is 61.6 Å². The summed E-state index contributed by atoms with van der Waals surface area (Å²) in [5.74, 6) is 0. The van der Waals surface area contributed by atoms with E-state index in [1.807, 2.05) is 54.6 Å². The lowest BCUT2D eigenvalue weighted by Crippen LogP contribution is -2.56. The van der Waals surface area contributed by atoms with E-state index in [4.69, 9.17) is 9.47 Å². The zero-order valence-corrected chi connectivity index (χ0v) is 19.8. The Kier molecular flexibility index (Phi) is 7.38. The first-order valence-electron chi connectivity index (χ1n) is 11.3. The van der Waals surface area contributed by atoms with E-state index in [-0.39, 0.29) is 11.6 Å². The molecule has 1 aliphatic rings. The molecule has 0 spiro atoms. The summed E-state index contributed by atoms with van der Waals surface area (Å²) in [7, 11) is -1.98. The van der Waals surface area contributed by atoms with Gasteiger partial charge in [-0.1, -0.05) is 121 Å². The number of aliphatic hydroxyl groups excluding tert-OH is 1. The van der Waals surface area contributed by atoms with E-state index in [1.165, 1.54) is 5.19 Å². The van der Waals surface area contributed by atoms with Gasteiger partial charge < -0.3 is 14.6 Å². The molecule has 1 N–H and O–H groups in total. The van der Waals surface area contributed by atoms with Gasteiger partial charge in [0, 0.05) is 5.54 Å². The molecule has 4 atom stereocenters. The van der Waals surface area contributed by atoms with Gasteiger partial charge in [0.05, 0.1) is 27.4 Å². The average molecular weight is 445 g/mol. The number of hydrogen-bond acceptors (Lipinski definition) is 3. The Labute approximate surface area is 192 Å². The van der Waals surface area contributed by atoms with Gasteiger partial charge in [-0.3, -0.25) is 0 Å². The molecule has 32 heavy (non-hydrogen) atoms. The molecule has 1 aliphatic carbocycles. The first kappa shape index (κ1) is 22.7. The minimum absolute atomic E-state index is 0.0437. The van der Waals surface area contributed by atoms with Crippen molar-refractivity contribution >= 4 is 13.3 Å². The van der Waals surface area contributed by atoms with Crippen LogP contribution in [0, 0.1) is 0 Å². The summed E-state index contributed by atoms with van der Waals surface area (Å²) in [6, 6.07) is 30.8. The van der Waals surface area contributed by atoms with E-state index in [1.54, 1.807) is 0 Å². The first-order valence-corrected chi connectivity index (χ1v) is 14.4.